The van der Waals surface area contributed by atoms with Gasteiger partial charge >= 0.3 is 0 Å². The van der Waals surface area contributed by atoms with Crippen LogP contribution in [0.5, 0.6) is 0 Å². The predicted molar refractivity (Wildman–Crippen MR) is 61.7 cm³/mol. The lowest BCUT2D eigenvalue weighted by Crippen LogP contribution is -2.34. The Balaban J connectivity index is 3.53. The maximum Gasteiger partial charge on any atom is 0.248 e. The van der Waals surface area contributed by atoms with Crippen LogP contribution in [0.3, 0.4) is 0 Å². The highest BCUT2D eigenvalue weighted by Gasteiger charge is 2.26. The summed E-state index contributed by atoms with van der Waals surface area (Å²) in [6.45, 7) is 5.93. The summed E-state index contributed by atoms with van der Waals surface area (Å²) in [6.07, 6.45) is 8.20. The summed E-state index contributed by atoms with van der Waals surface area (Å²) in [7, 11) is 0. The third-order valence-corrected chi connectivity index (χ3v) is 2.87. The first-order chi connectivity index (χ1) is 7.04. The molecule has 0 radical (unpaired) electrons. The Morgan fingerprint density at radius 3 is 2.20 bits per heavy atom. The second-order valence-corrected chi connectivity index (χ2v) is 4.84. The standard InChI is InChI=1S/C12H25NO2/c1-4-5-6-7-8-9-10-12(2,3)11(14)13-15/h15H,4-10H2,1-3H3,(H,13,14). The number of nitrogens with one attached hydrogen (secondary N) is 1. The van der Waals surface area contributed by atoms with Gasteiger partial charge in [0, 0.05) is 5.41 Å². The zero-order chi connectivity index (χ0) is 11.7. The van der Waals surface area contributed by atoms with Crippen LogP contribution < -0.4 is 5.48 Å². The summed E-state index contributed by atoms with van der Waals surface area (Å²) >= 11 is 0. The van der Waals surface area contributed by atoms with Gasteiger partial charge in [-0.15, -0.1) is 0 Å². The quantitative estimate of drug-likeness (QED) is 0.371. The summed E-state index contributed by atoms with van der Waals surface area (Å²) < 4.78 is 0. The van der Waals surface area contributed by atoms with E-state index < -0.39 is 5.41 Å². The molecule has 0 atom stereocenters. The smallest absolute Gasteiger partial charge is 0.248 e. The first kappa shape index (κ1) is 14.4. The van der Waals surface area contributed by atoms with Gasteiger partial charge in [-0.05, 0) is 6.42 Å². The largest absolute Gasteiger partial charge is 0.289 e. The summed E-state index contributed by atoms with van der Waals surface area (Å²) in [5.74, 6) is -0.281. The molecule has 2 N–H and O–H groups in total. The fraction of sp³-hybridized carbons (Fsp3) is 0.917. The molecular weight excluding hydrogens is 190 g/mol. The molecule has 15 heavy (non-hydrogen) atoms. The van der Waals surface area contributed by atoms with E-state index in [0.29, 0.717) is 0 Å². The Hall–Kier alpha value is -0.570. The molecule has 90 valence electrons. The molecule has 0 fully saturated rings. The number of amides is 1. The van der Waals surface area contributed by atoms with E-state index >= 15 is 0 Å². The van der Waals surface area contributed by atoms with Crippen molar-refractivity contribution < 1.29 is 10.0 Å². The van der Waals surface area contributed by atoms with E-state index in [1.807, 2.05) is 13.8 Å². The van der Waals surface area contributed by atoms with E-state index in [2.05, 4.69) is 6.92 Å². The number of hydrogen-bond donors (Lipinski definition) is 2. The van der Waals surface area contributed by atoms with E-state index in [4.69, 9.17) is 5.21 Å². The Morgan fingerprint density at radius 1 is 1.13 bits per heavy atom. The van der Waals surface area contributed by atoms with E-state index in [1.54, 1.807) is 5.48 Å². The number of rotatable bonds is 8. The highest BCUT2D eigenvalue weighted by atomic mass is 16.5. The molecule has 0 saturated carbocycles. The van der Waals surface area contributed by atoms with E-state index in [1.165, 1.54) is 32.1 Å². The third-order valence-electron chi connectivity index (χ3n) is 2.87. The Kier molecular flexibility index (Phi) is 7.39. The van der Waals surface area contributed by atoms with Crippen LogP contribution in [0.2, 0.25) is 0 Å². The molecule has 0 aliphatic heterocycles. The van der Waals surface area contributed by atoms with Gasteiger partial charge in [0.1, 0.15) is 0 Å². The molecule has 0 unspecified atom stereocenters. The average molecular weight is 215 g/mol. The van der Waals surface area contributed by atoms with Crippen molar-refractivity contribution in [1.29, 1.82) is 0 Å². The van der Waals surface area contributed by atoms with Gasteiger partial charge in [0.05, 0.1) is 0 Å². The fourth-order valence-electron chi connectivity index (χ4n) is 1.61. The monoisotopic (exact) mass is 215 g/mol. The maximum absolute atomic E-state index is 11.2. The highest BCUT2D eigenvalue weighted by molar-refractivity contribution is 5.80. The molecule has 0 aromatic carbocycles. The number of carbonyl (C=O) groups excluding carboxylic acids is 1. The van der Waals surface area contributed by atoms with Gasteiger partial charge in [-0.25, -0.2) is 5.48 Å². The van der Waals surface area contributed by atoms with Crippen LogP contribution in [0, 0.1) is 5.41 Å². The van der Waals surface area contributed by atoms with Crippen molar-refractivity contribution in [1.82, 2.24) is 5.48 Å². The lowest BCUT2D eigenvalue weighted by Gasteiger charge is -2.21. The van der Waals surface area contributed by atoms with Crippen molar-refractivity contribution in [3.05, 3.63) is 0 Å². The van der Waals surface area contributed by atoms with Gasteiger partial charge in [-0.2, -0.15) is 0 Å². The molecule has 0 saturated heterocycles. The van der Waals surface area contributed by atoms with E-state index in [9.17, 15) is 4.79 Å². The van der Waals surface area contributed by atoms with Gasteiger partial charge in [0.15, 0.2) is 0 Å². The fourth-order valence-corrected chi connectivity index (χ4v) is 1.61. The minimum Gasteiger partial charge on any atom is -0.289 e. The third kappa shape index (κ3) is 6.50. The van der Waals surface area contributed by atoms with E-state index in [-0.39, 0.29) is 5.91 Å². The van der Waals surface area contributed by atoms with Crippen molar-refractivity contribution in [2.75, 3.05) is 0 Å². The zero-order valence-electron chi connectivity index (χ0n) is 10.3. The summed E-state index contributed by atoms with van der Waals surface area (Å²) in [4.78, 5) is 11.2. The SMILES string of the molecule is CCCCCCCCC(C)(C)C(=O)NO. The molecule has 0 bridgehead atoms. The minimum atomic E-state index is -0.445. The lowest BCUT2D eigenvalue weighted by atomic mass is 9.86. The highest BCUT2D eigenvalue weighted by Crippen LogP contribution is 2.24. The van der Waals surface area contributed by atoms with Crippen molar-refractivity contribution in [3.8, 4) is 0 Å². The van der Waals surface area contributed by atoms with Crippen LogP contribution in [0.1, 0.15) is 65.7 Å². The average Bonchev–Trinajstić information content (AvgIpc) is 2.22. The molecule has 3 nitrogen and oxygen atoms in total. The van der Waals surface area contributed by atoms with Crippen molar-refractivity contribution >= 4 is 5.91 Å². The number of hydroxylamine groups is 1. The zero-order valence-corrected chi connectivity index (χ0v) is 10.3. The Labute approximate surface area is 93.2 Å². The Bertz CT molecular complexity index is 178. The first-order valence-corrected chi connectivity index (χ1v) is 5.99. The molecule has 0 aliphatic carbocycles. The minimum absolute atomic E-state index is 0.281. The van der Waals surface area contributed by atoms with Crippen LogP contribution in [-0.2, 0) is 4.79 Å². The molecule has 1 amide bonds. The molecule has 0 rings (SSSR count). The van der Waals surface area contributed by atoms with E-state index in [0.717, 1.165) is 12.8 Å². The predicted octanol–water partition coefficient (Wildman–Crippen LogP) is 3.27. The molecule has 0 aromatic heterocycles. The summed E-state index contributed by atoms with van der Waals surface area (Å²) in [5.41, 5.74) is 1.28. The first-order valence-electron chi connectivity index (χ1n) is 5.99. The topological polar surface area (TPSA) is 49.3 Å². The summed E-state index contributed by atoms with van der Waals surface area (Å²) in [6, 6.07) is 0. The number of hydrogen-bond acceptors (Lipinski definition) is 2. The van der Waals surface area contributed by atoms with Crippen LogP contribution in [0.15, 0.2) is 0 Å². The number of carbonyl (C=O) groups is 1. The van der Waals surface area contributed by atoms with Crippen LogP contribution in [0.25, 0.3) is 0 Å². The van der Waals surface area contributed by atoms with Crippen molar-refractivity contribution in [2.24, 2.45) is 5.41 Å². The van der Waals surface area contributed by atoms with Crippen molar-refractivity contribution in [2.45, 2.75) is 65.7 Å². The molecule has 0 aromatic rings. The van der Waals surface area contributed by atoms with Gasteiger partial charge in [-0.3, -0.25) is 10.0 Å². The molecule has 0 aliphatic rings. The second-order valence-electron chi connectivity index (χ2n) is 4.84. The van der Waals surface area contributed by atoms with Gasteiger partial charge < -0.3 is 0 Å². The van der Waals surface area contributed by atoms with Crippen LogP contribution in [0.4, 0.5) is 0 Å². The lowest BCUT2D eigenvalue weighted by molar-refractivity contribution is -0.138. The van der Waals surface area contributed by atoms with Gasteiger partial charge in [-0.1, -0.05) is 59.3 Å². The second kappa shape index (κ2) is 7.69. The van der Waals surface area contributed by atoms with Crippen molar-refractivity contribution in [3.63, 3.8) is 0 Å². The molecular formula is C12H25NO2. The van der Waals surface area contributed by atoms with Crippen LogP contribution in [-0.4, -0.2) is 11.1 Å². The molecule has 0 heterocycles. The Morgan fingerprint density at radius 2 is 1.67 bits per heavy atom. The maximum atomic E-state index is 11.2. The van der Waals surface area contributed by atoms with Gasteiger partial charge in [0.2, 0.25) is 5.91 Å². The van der Waals surface area contributed by atoms with Crippen LogP contribution >= 0.6 is 0 Å². The van der Waals surface area contributed by atoms with Gasteiger partial charge in [0.25, 0.3) is 0 Å². The molecule has 0 spiro atoms. The normalized spacial score (nSPS) is 11.5. The number of unbranched alkanes of at least 4 members (excludes halogenated alkanes) is 5. The molecule has 3 heteroatoms. The summed E-state index contributed by atoms with van der Waals surface area (Å²) in [5, 5.41) is 8.54.